The molecule has 0 aliphatic rings. The quantitative estimate of drug-likeness (QED) is 0.638. The van der Waals surface area contributed by atoms with E-state index in [2.05, 4.69) is 34.4 Å². The van der Waals surface area contributed by atoms with Gasteiger partial charge in [0, 0.05) is 39.3 Å². The van der Waals surface area contributed by atoms with Gasteiger partial charge in [-0.25, -0.2) is 9.97 Å². The molecule has 0 amide bonds. The first-order chi connectivity index (χ1) is 9.30. The summed E-state index contributed by atoms with van der Waals surface area (Å²) in [4.78, 5) is 8.95. The normalized spacial score (nSPS) is 10.5. The van der Waals surface area contributed by atoms with Crippen molar-refractivity contribution in [2.24, 2.45) is 0 Å². The molecule has 0 saturated heterocycles. The van der Waals surface area contributed by atoms with E-state index >= 15 is 0 Å². The molecule has 0 aliphatic carbocycles. The van der Waals surface area contributed by atoms with Crippen molar-refractivity contribution in [3.05, 3.63) is 11.9 Å². The van der Waals surface area contributed by atoms with Crippen LogP contribution in [0.2, 0.25) is 0 Å². The van der Waals surface area contributed by atoms with Gasteiger partial charge in [-0.15, -0.1) is 0 Å². The monoisotopic (exact) mass is 266 g/mol. The molecule has 0 fully saturated rings. The summed E-state index contributed by atoms with van der Waals surface area (Å²) in [5.41, 5.74) is 0. The summed E-state index contributed by atoms with van der Waals surface area (Å²) in [5, 5.41) is 6.66. The van der Waals surface area contributed by atoms with E-state index in [1.807, 2.05) is 6.07 Å². The molecule has 2 N–H and O–H groups in total. The molecule has 1 heterocycles. The molecule has 0 aromatic carbocycles. The Morgan fingerprint density at radius 2 is 1.74 bits per heavy atom. The Balaban J connectivity index is 2.50. The highest BCUT2D eigenvalue weighted by Crippen LogP contribution is 2.12. The first-order valence-electron chi connectivity index (χ1n) is 7.14. The highest BCUT2D eigenvalue weighted by Gasteiger charge is 2.02. The van der Waals surface area contributed by atoms with Crippen LogP contribution in [-0.2, 0) is 11.2 Å². The van der Waals surface area contributed by atoms with Gasteiger partial charge in [0.1, 0.15) is 17.5 Å². The molecule has 0 bridgehead atoms. The maximum Gasteiger partial charge on any atom is 0.132 e. The fourth-order valence-corrected chi connectivity index (χ4v) is 1.68. The van der Waals surface area contributed by atoms with Gasteiger partial charge >= 0.3 is 0 Å². The lowest BCUT2D eigenvalue weighted by atomic mass is 10.3. The van der Waals surface area contributed by atoms with Crippen LogP contribution in [0.5, 0.6) is 0 Å². The Morgan fingerprint density at radius 1 is 1.05 bits per heavy atom. The molecular formula is C14H26N4O. The van der Waals surface area contributed by atoms with Gasteiger partial charge in [-0.2, -0.15) is 0 Å². The van der Waals surface area contributed by atoms with Crippen LogP contribution in [0.3, 0.4) is 0 Å². The molecule has 0 radical (unpaired) electrons. The van der Waals surface area contributed by atoms with E-state index in [1.165, 1.54) is 0 Å². The van der Waals surface area contributed by atoms with E-state index in [0.717, 1.165) is 62.8 Å². The minimum Gasteiger partial charge on any atom is -0.385 e. The Hall–Kier alpha value is -1.36. The zero-order valence-corrected chi connectivity index (χ0v) is 12.3. The van der Waals surface area contributed by atoms with Gasteiger partial charge in [0.25, 0.3) is 0 Å². The van der Waals surface area contributed by atoms with Gasteiger partial charge in [-0.1, -0.05) is 13.8 Å². The second-order valence-corrected chi connectivity index (χ2v) is 4.46. The number of methoxy groups -OCH3 is 1. The van der Waals surface area contributed by atoms with E-state index in [-0.39, 0.29) is 0 Å². The van der Waals surface area contributed by atoms with E-state index in [1.54, 1.807) is 7.11 Å². The second kappa shape index (κ2) is 9.55. The first kappa shape index (κ1) is 15.7. The van der Waals surface area contributed by atoms with Crippen LogP contribution in [0.4, 0.5) is 11.6 Å². The number of anilines is 2. The highest BCUT2D eigenvalue weighted by molar-refractivity contribution is 5.47. The fourth-order valence-electron chi connectivity index (χ4n) is 1.68. The molecule has 1 rings (SSSR count). The highest BCUT2D eigenvalue weighted by atomic mass is 16.5. The van der Waals surface area contributed by atoms with Gasteiger partial charge in [0.15, 0.2) is 0 Å². The second-order valence-electron chi connectivity index (χ2n) is 4.46. The van der Waals surface area contributed by atoms with E-state index in [9.17, 15) is 0 Å². The number of ether oxygens (including phenoxy) is 1. The van der Waals surface area contributed by atoms with Crippen LogP contribution < -0.4 is 10.6 Å². The van der Waals surface area contributed by atoms with Crippen LogP contribution in [0.1, 0.15) is 38.9 Å². The number of nitrogens with zero attached hydrogens (tertiary/aromatic N) is 2. The molecular weight excluding hydrogens is 240 g/mol. The summed E-state index contributed by atoms with van der Waals surface area (Å²) >= 11 is 0. The lowest BCUT2D eigenvalue weighted by Crippen LogP contribution is -2.09. The standard InChI is InChI=1S/C14H26N4O/c1-4-8-15-13-11-14(18-12(5-2)17-13)16-9-6-7-10-19-3/h11H,4-10H2,1-3H3,(H2,15,16,17,18). The van der Waals surface area contributed by atoms with Crippen molar-refractivity contribution in [1.82, 2.24) is 9.97 Å². The molecule has 0 spiro atoms. The maximum absolute atomic E-state index is 5.03. The molecule has 1 aromatic rings. The van der Waals surface area contributed by atoms with Crippen molar-refractivity contribution < 1.29 is 4.74 Å². The van der Waals surface area contributed by atoms with Crippen molar-refractivity contribution in [3.8, 4) is 0 Å². The lowest BCUT2D eigenvalue weighted by Gasteiger charge is -2.10. The van der Waals surface area contributed by atoms with Crippen LogP contribution >= 0.6 is 0 Å². The third-order valence-corrected chi connectivity index (χ3v) is 2.73. The number of unbranched alkanes of at least 4 members (excludes halogenated alkanes) is 1. The molecule has 5 nitrogen and oxygen atoms in total. The van der Waals surface area contributed by atoms with Crippen molar-refractivity contribution >= 4 is 11.6 Å². The molecule has 5 heteroatoms. The Morgan fingerprint density at radius 3 is 2.32 bits per heavy atom. The summed E-state index contributed by atoms with van der Waals surface area (Å²) in [6, 6.07) is 1.98. The zero-order valence-electron chi connectivity index (χ0n) is 12.3. The third-order valence-electron chi connectivity index (χ3n) is 2.73. The predicted octanol–water partition coefficient (Wildman–Crippen LogP) is 2.70. The largest absolute Gasteiger partial charge is 0.385 e. The zero-order chi connectivity index (χ0) is 13.9. The summed E-state index contributed by atoms with van der Waals surface area (Å²) in [7, 11) is 1.73. The minimum atomic E-state index is 0.814. The van der Waals surface area contributed by atoms with Crippen molar-refractivity contribution in [2.75, 3.05) is 37.4 Å². The van der Waals surface area contributed by atoms with E-state index < -0.39 is 0 Å². The number of hydrogen-bond donors (Lipinski definition) is 2. The Labute approximate surface area is 116 Å². The molecule has 0 saturated carbocycles. The van der Waals surface area contributed by atoms with Gasteiger partial charge in [0.2, 0.25) is 0 Å². The summed E-state index contributed by atoms with van der Waals surface area (Å²) in [6.07, 6.45) is 4.08. The Bertz CT molecular complexity index is 357. The molecule has 19 heavy (non-hydrogen) atoms. The number of hydrogen-bond acceptors (Lipinski definition) is 5. The predicted molar refractivity (Wildman–Crippen MR) is 79.8 cm³/mol. The van der Waals surface area contributed by atoms with Crippen LogP contribution in [0.25, 0.3) is 0 Å². The fraction of sp³-hybridized carbons (Fsp3) is 0.714. The average Bonchev–Trinajstić information content (AvgIpc) is 2.44. The Kier molecular flexibility index (Phi) is 7.89. The molecule has 0 unspecified atom stereocenters. The van der Waals surface area contributed by atoms with E-state index in [4.69, 9.17) is 4.74 Å². The minimum absolute atomic E-state index is 0.814. The van der Waals surface area contributed by atoms with Gasteiger partial charge in [-0.05, 0) is 19.3 Å². The van der Waals surface area contributed by atoms with Crippen molar-refractivity contribution in [2.45, 2.75) is 39.5 Å². The number of aromatic nitrogens is 2. The summed E-state index contributed by atoms with van der Waals surface area (Å²) in [5.74, 6) is 2.69. The third kappa shape index (κ3) is 6.38. The average molecular weight is 266 g/mol. The summed E-state index contributed by atoms with van der Waals surface area (Å²) in [6.45, 7) is 6.88. The van der Waals surface area contributed by atoms with Crippen LogP contribution in [-0.4, -0.2) is 36.8 Å². The van der Waals surface area contributed by atoms with Crippen LogP contribution in [0.15, 0.2) is 6.07 Å². The summed E-state index contributed by atoms with van der Waals surface area (Å²) < 4.78 is 5.03. The lowest BCUT2D eigenvalue weighted by molar-refractivity contribution is 0.194. The number of nitrogens with one attached hydrogen (secondary N) is 2. The van der Waals surface area contributed by atoms with E-state index in [0.29, 0.717) is 0 Å². The SMILES string of the molecule is CCCNc1cc(NCCCCOC)nc(CC)n1. The topological polar surface area (TPSA) is 59.1 Å². The smallest absolute Gasteiger partial charge is 0.132 e. The molecule has 0 atom stereocenters. The molecule has 1 aromatic heterocycles. The molecule has 0 aliphatic heterocycles. The maximum atomic E-state index is 5.03. The van der Waals surface area contributed by atoms with Crippen LogP contribution in [0, 0.1) is 0 Å². The number of aryl methyl sites for hydroxylation is 1. The van der Waals surface area contributed by atoms with Gasteiger partial charge in [-0.3, -0.25) is 0 Å². The van der Waals surface area contributed by atoms with Gasteiger partial charge < -0.3 is 15.4 Å². The van der Waals surface area contributed by atoms with Gasteiger partial charge in [0.05, 0.1) is 0 Å². The molecule has 108 valence electrons. The number of rotatable bonds is 10. The van der Waals surface area contributed by atoms with Crippen molar-refractivity contribution in [3.63, 3.8) is 0 Å². The first-order valence-corrected chi connectivity index (χ1v) is 7.14. The van der Waals surface area contributed by atoms with Crippen molar-refractivity contribution in [1.29, 1.82) is 0 Å².